The number of benzene rings is 1. The summed E-state index contributed by atoms with van der Waals surface area (Å²) in [5.41, 5.74) is 4.93. The summed E-state index contributed by atoms with van der Waals surface area (Å²) in [6, 6.07) is 7.94. The fourth-order valence-electron chi connectivity index (χ4n) is 2.91. The number of imidazole rings is 1. The molecule has 4 rings (SSSR count). The van der Waals surface area contributed by atoms with Crippen molar-refractivity contribution < 1.29 is 9.53 Å². The van der Waals surface area contributed by atoms with Crippen LogP contribution in [0.25, 0.3) is 16.9 Å². The Bertz CT molecular complexity index is 901. The fraction of sp³-hybridized carbons (Fsp3) is 0.176. The van der Waals surface area contributed by atoms with E-state index in [0.717, 1.165) is 28.2 Å². The number of esters is 1. The summed E-state index contributed by atoms with van der Waals surface area (Å²) >= 11 is 0. The van der Waals surface area contributed by atoms with Crippen LogP contribution in [0.3, 0.4) is 0 Å². The molecule has 0 spiro atoms. The van der Waals surface area contributed by atoms with E-state index in [9.17, 15) is 4.79 Å². The number of ether oxygens (including phenoxy) is 1. The van der Waals surface area contributed by atoms with Crippen LogP contribution in [0.1, 0.15) is 28.7 Å². The minimum Gasteiger partial charge on any atom is -0.461 e. The number of aromatic nitrogens is 4. The topological polar surface area (TPSA) is 69.9 Å². The molecule has 3 aromatic rings. The third-order valence-electron chi connectivity index (χ3n) is 3.90. The highest BCUT2D eigenvalue weighted by atomic mass is 16.5. The number of fused-ring (bicyclic) bond motifs is 5. The van der Waals surface area contributed by atoms with Gasteiger partial charge < -0.3 is 9.30 Å². The molecule has 0 radical (unpaired) electrons. The third-order valence-corrected chi connectivity index (χ3v) is 3.90. The van der Waals surface area contributed by atoms with Gasteiger partial charge in [0.1, 0.15) is 12.7 Å². The predicted molar refractivity (Wildman–Crippen MR) is 83.4 cm³/mol. The summed E-state index contributed by atoms with van der Waals surface area (Å²) in [6.45, 7) is 2.10. The van der Waals surface area contributed by atoms with E-state index in [1.165, 1.54) is 0 Å². The molecular formula is C17H14N4O2. The predicted octanol–water partition coefficient (Wildman–Crippen LogP) is 2.41. The first-order chi connectivity index (χ1) is 11.3. The second-order valence-corrected chi connectivity index (χ2v) is 5.22. The van der Waals surface area contributed by atoms with Crippen LogP contribution < -0.4 is 0 Å². The van der Waals surface area contributed by atoms with Gasteiger partial charge >= 0.3 is 5.97 Å². The zero-order chi connectivity index (χ0) is 15.8. The van der Waals surface area contributed by atoms with E-state index in [1.54, 1.807) is 25.8 Å². The molecule has 1 aliphatic rings. The van der Waals surface area contributed by atoms with E-state index in [1.807, 2.05) is 28.8 Å². The molecule has 6 nitrogen and oxygen atoms in total. The lowest BCUT2D eigenvalue weighted by molar-refractivity contribution is 0.0519. The average Bonchev–Trinajstić information content (AvgIpc) is 2.93. The van der Waals surface area contributed by atoms with Crippen molar-refractivity contribution in [3.05, 3.63) is 60.1 Å². The molecule has 0 aliphatic carbocycles. The Kier molecular flexibility index (Phi) is 3.15. The Balaban J connectivity index is 1.98. The van der Waals surface area contributed by atoms with Crippen LogP contribution in [0.15, 0.2) is 43.1 Å². The van der Waals surface area contributed by atoms with Crippen molar-refractivity contribution in [1.29, 1.82) is 0 Å². The van der Waals surface area contributed by atoms with Gasteiger partial charge in [0.25, 0.3) is 0 Å². The van der Waals surface area contributed by atoms with Gasteiger partial charge in [-0.05, 0) is 13.0 Å². The summed E-state index contributed by atoms with van der Waals surface area (Å²) in [5, 5.41) is 0. The summed E-state index contributed by atoms with van der Waals surface area (Å²) in [7, 11) is 0. The fourth-order valence-corrected chi connectivity index (χ4v) is 2.91. The first-order valence-corrected chi connectivity index (χ1v) is 7.41. The molecule has 3 heterocycles. The third kappa shape index (κ3) is 2.11. The largest absolute Gasteiger partial charge is 0.461 e. The smallest absolute Gasteiger partial charge is 0.358 e. The van der Waals surface area contributed by atoms with E-state index in [0.29, 0.717) is 18.7 Å². The lowest BCUT2D eigenvalue weighted by atomic mass is 10.0. The highest BCUT2D eigenvalue weighted by Gasteiger charge is 2.26. The summed E-state index contributed by atoms with van der Waals surface area (Å²) in [5.74, 6) is -0.404. The first-order valence-electron chi connectivity index (χ1n) is 7.41. The van der Waals surface area contributed by atoms with Crippen molar-refractivity contribution in [1.82, 2.24) is 19.5 Å². The Morgan fingerprint density at radius 2 is 2.17 bits per heavy atom. The molecule has 1 aromatic carbocycles. The van der Waals surface area contributed by atoms with Crippen molar-refractivity contribution in [2.24, 2.45) is 0 Å². The first kappa shape index (κ1) is 13.6. The lowest BCUT2D eigenvalue weighted by Gasteiger charge is -2.09. The molecule has 0 unspecified atom stereocenters. The summed E-state index contributed by atoms with van der Waals surface area (Å²) < 4.78 is 7.06. The van der Waals surface area contributed by atoms with Gasteiger partial charge in [-0.25, -0.2) is 19.7 Å². The molecule has 0 saturated heterocycles. The molecule has 0 saturated carbocycles. The van der Waals surface area contributed by atoms with Gasteiger partial charge in [0.2, 0.25) is 0 Å². The second kappa shape index (κ2) is 5.31. The number of carbonyl (C=O) groups is 1. The van der Waals surface area contributed by atoms with E-state index in [-0.39, 0.29) is 0 Å². The van der Waals surface area contributed by atoms with Crippen molar-refractivity contribution in [2.45, 2.75) is 13.3 Å². The van der Waals surface area contributed by atoms with Crippen LogP contribution in [0.5, 0.6) is 0 Å². The van der Waals surface area contributed by atoms with Gasteiger partial charge in [-0.15, -0.1) is 0 Å². The number of hydrogen-bond donors (Lipinski definition) is 0. The molecule has 1 aliphatic heterocycles. The van der Waals surface area contributed by atoms with Crippen molar-refractivity contribution in [3.8, 4) is 16.9 Å². The summed E-state index contributed by atoms with van der Waals surface area (Å²) in [4.78, 5) is 25.0. The number of hydrogen-bond acceptors (Lipinski definition) is 5. The van der Waals surface area contributed by atoms with E-state index >= 15 is 0 Å². The maximum atomic E-state index is 12.2. The number of para-hydroxylation sites is 1. The SMILES string of the molecule is CCOC(=O)c1ncn2c1Cc1cncnc1-c1ccccc1-2. The quantitative estimate of drug-likeness (QED) is 0.532. The Hall–Kier alpha value is -3.02. The normalized spacial score (nSPS) is 11.9. The molecule has 0 fully saturated rings. The van der Waals surface area contributed by atoms with E-state index in [4.69, 9.17) is 4.74 Å². The molecule has 0 bridgehead atoms. The van der Waals surface area contributed by atoms with Crippen LogP contribution >= 0.6 is 0 Å². The maximum Gasteiger partial charge on any atom is 0.358 e. The van der Waals surface area contributed by atoms with Gasteiger partial charge in [-0.1, -0.05) is 18.2 Å². The molecule has 0 N–H and O–H groups in total. The Morgan fingerprint density at radius 3 is 3.04 bits per heavy atom. The highest BCUT2D eigenvalue weighted by molar-refractivity contribution is 5.89. The number of rotatable bonds is 2. The van der Waals surface area contributed by atoms with Crippen molar-refractivity contribution in [3.63, 3.8) is 0 Å². The van der Waals surface area contributed by atoms with Gasteiger partial charge in [0, 0.05) is 23.7 Å². The maximum absolute atomic E-state index is 12.2. The second-order valence-electron chi connectivity index (χ2n) is 5.22. The minimum absolute atomic E-state index is 0.321. The molecule has 2 aromatic heterocycles. The van der Waals surface area contributed by atoms with Gasteiger partial charge in [0.15, 0.2) is 5.69 Å². The van der Waals surface area contributed by atoms with Crippen molar-refractivity contribution >= 4 is 5.97 Å². The molecule has 0 amide bonds. The van der Waals surface area contributed by atoms with Crippen LogP contribution in [0, 0.1) is 0 Å². The Labute approximate surface area is 132 Å². The van der Waals surface area contributed by atoms with Crippen LogP contribution in [0.4, 0.5) is 0 Å². The van der Waals surface area contributed by atoms with Crippen LogP contribution in [-0.2, 0) is 11.2 Å². The molecular weight excluding hydrogens is 292 g/mol. The van der Waals surface area contributed by atoms with Gasteiger partial charge in [-0.2, -0.15) is 0 Å². The lowest BCUT2D eigenvalue weighted by Crippen LogP contribution is -2.10. The zero-order valence-corrected chi connectivity index (χ0v) is 12.6. The molecule has 0 atom stereocenters. The minimum atomic E-state index is -0.404. The average molecular weight is 306 g/mol. The summed E-state index contributed by atoms with van der Waals surface area (Å²) in [6.07, 6.45) is 5.52. The Morgan fingerprint density at radius 1 is 1.30 bits per heavy atom. The number of carbonyl (C=O) groups excluding carboxylic acids is 1. The monoisotopic (exact) mass is 306 g/mol. The van der Waals surface area contributed by atoms with E-state index in [2.05, 4.69) is 15.0 Å². The standard InChI is InChI=1S/C17H14N4O2/c1-2-23-17(22)16-14-7-11-8-18-9-19-15(11)12-5-3-4-6-13(12)21(14)10-20-16/h3-6,8-10H,2,7H2,1H3. The van der Waals surface area contributed by atoms with Crippen LogP contribution in [0.2, 0.25) is 0 Å². The van der Waals surface area contributed by atoms with Gasteiger partial charge in [-0.3, -0.25) is 0 Å². The number of nitrogens with zero attached hydrogens (tertiary/aromatic N) is 4. The van der Waals surface area contributed by atoms with Gasteiger partial charge in [0.05, 0.1) is 23.7 Å². The molecule has 6 heteroatoms. The van der Waals surface area contributed by atoms with E-state index < -0.39 is 5.97 Å². The zero-order valence-electron chi connectivity index (χ0n) is 12.6. The molecule has 114 valence electrons. The molecule has 23 heavy (non-hydrogen) atoms. The van der Waals surface area contributed by atoms with Crippen molar-refractivity contribution in [2.75, 3.05) is 6.61 Å². The van der Waals surface area contributed by atoms with Crippen LogP contribution in [-0.4, -0.2) is 32.1 Å². The highest BCUT2D eigenvalue weighted by Crippen LogP contribution is 2.34.